The van der Waals surface area contributed by atoms with Crippen LogP contribution in [0.3, 0.4) is 0 Å². The van der Waals surface area contributed by atoms with Gasteiger partial charge in [-0.25, -0.2) is 19.9 Å². The lowest BCUT2D eigenvalue weighted by molar-refractivity contribution is 0.467. The second-order valence-corrected chi connectivity index (χ2v) is 31.5. The molecule has 5 nitrogen and oxygen atoms in total. The van der Waals surface area contributed by atoms with E-state index in [1.54, 1.807) is 0 Å². The zero-order valence-corrected chi connectivity index (χ0v) is 43.8. The van der Waals surface area contributed by atoms with Crippen LogP contribution in [0.2, 0.25) is 50.4 Å². The minimum Gasteiger partial charge on any atom is -0.457 e. The number of hydrogen-bond acceptors (Lipinski definition) is 5. The molecule has 0 aliphatic carbocycles. The Balaban J connectivity index is 1.53. The van der Waals surface area contributed by atoms with Gasteiger partial charge in [0.15, 0.2) is 0 Å². The van der Waals surface area contributed by atoms with E-state index in [1.165, 1.54) is 175 Å². The lowest BCUT2D eigenvalue weighted by Crippen LogP contribution is -2.22. The normalized spacial score (nSPS) is 12.0. The van der Waals surface area contributed by atoms with E-state index in [2.05, 4.69) is 90.3 Å². The molecule has 0 aliphatic rings. The summed E-state index contributed by atoms with van der Waals surface area (Å²) in [7, 11) is -2.05. The fraction of sp³-hybridized carbons (Fsp3) is 0.643. The summed E-state index contributed by atoms with van der Waals surface area (Å²) in [5, 5.41) is 0. The number of nitrogens with zero attached hydrogens (tertiary/aromatic N) is 4. The SMILES string of the molecule is CCCCCCCCc1ncc(-c2ccc(Oc3ccc(-c4cnc(CCCCCCCC)nc4)cc3CCCCCC[Si](C)(C)CC)c(CCCCCC[Si](C)(C)CC)c2)cn1. The first kappa shape index (κ1) is 52.5. The Morgan fingerprint density at radius 1 is 0.381 bits per heavy atom. The highest BCUT2D eigenvalue weighted by Gasteiger charge is 2.18. The average molecular weight is 892 g/mol. The largest absolute Gasteiger partial charge is 0.457 e. The monoisotopic (exact) mass is 891 g/mol. The molecule has 4 rings (SSSR count). The van der Waals surface area contributed by atoms with Crippen molar-refractivity contribution in [1.82, 2.24) is 19.9 Å². The molecule has 4 aromatic rings. The first-order valence-electron chi connectivity index (χ1n) is 26.1. The van der Waals surface area contributed by atoms with Crippen molar-refractivity contribution in [2.24, 2.45) is 0 Å². The number of ether oxygens (including phenoxy) is 1. The number of benzene rings is 2. The lowest BCUT2D eigenvalue weighted by atomic mass is 9.99. The first-order chi connectivity index (χ1) is 30.6. The van der Waals surface area contributed by atoms with Gasteiger partial charge >= 0.3 is 0 Å². The van der Waals surface area contributed by atoms with Gasteiger partial charge in [0, 0.05) is 64.9 Å². The molecule has 0 amide bonds. The highest BCUT2D eigenvalue weighted by atomic mass is 28.3. The highest BCUT2D eigenvalue weighted by Crippen LogP contribution is 2.36. The van der Waals surface area contributed by atoms with Crippen molar-refractivity contribution >= 4 is 16.1 Å². The summed E-state index contributed by atoms with van der Waals surface area (Å²) in [4.78, 5) is 19.3. The third-order valence-electron chi connectivity index (χ3n) is 13.9. The maximum atomic E-state index is 7.04. The molecule has 0 aliphatic heterocycles. The molecule has 0 radical (unpaired) electrons. The molecule has 63 heavy (non-hydrogen) atoms. The van der Waals surface area contributed by atoms with Crippen LogP contribution in [0.5, 0.6) is 11.5 Å². The van der Waals surface area contributed by atoms with Gasteiger partial charge in [-0.05, 0) is 85.0 Å². The molecule has 2 aromatic carbocycles. The lowest BCUT2D eigenvalue weighted by Gasteiger charge is -2.20. The van der Waals surface area contributed by atoms with E-state index in [9.17, 15) is 0 Å². The molecular formula is C56H90N4OSi2. The maximum Gasteiger partial charge on any atom is 0.130 e. The smallest absolute Gasteiger partial charge is 0.130 e. The molecule has 0 spiro atoms. The van der Waals surface area contributed by atoms with Gasteiger partial charge in [0.25, 0.3) is 0 Å². The summed E-state index contributed by atoms with van der Waals surface area (Å²) in [6, 6.07) is 19.2. The predicted molar refractivity (Wildman–Crippen MR) is 279 cm³/mol. The Labute approximate surface area is 388 Å². The van der Waals surface area contributed by atoms with Gasteiger partial charge in [0.05, 0.1) is 0 Å². The van der Waals surface area contributed by atoms with E-state index in [0.717, 1.165) is 60.0 Å². The topological polar surface area (TPSA) is 60.8 Å². The van der Waals surface area contributed by atoms with Gasteiger partial charge < -0.3 is 4.74 Å². The van der Waals surface area contributed by atoms with Gasteiger partial charge in [-0.2, -0.15) is 0 Å². The number of aromatic nitrogens is 4. The van der Waals surface area contributed by atoms with Crippen molar-refractivity contribution in [2.75, 3.05) is 0 Å². The summed E-state index contributed by atoms with van der Waals surface area (Å²) in [5.74, 6) is 3.87. The van der Waals surface area contributed by atoms with Gasteiger partial charge in [-0.3, -0.25) is 0 Å². The van der Waals surface area contributed by atoms with E-state index >= 15 is 0 Å². The Morgan fingerprint density at radius 3 is 1.08 bits per heavy atom. The fourth-order valence-electron chi connectivity index (χ4n) is 8.52. The third kappa shape index (κ3) is 20.3. The number of rotatable bonds is 34. The van der Waals surface area contributed by atoms with Crippen LogP contribution in [0.25, 0.3) is 22.3 Å². The van der Waals surface area contributed by atoms with Gasteiger partial charge in [0.1, 0.15) is 23.1 Å². The third-order valence-corrected chi connectivity index (χ3v) is 21.2. The summed E-state index contributed by atoms with van der Waals surface area (Å²) >= 11 is 0. The Bertz CT molecular complexity index is 1690. The summed E-state index contributed by atoms with van der Waals surface area (Å²) in [6.45, 7) is 19.5. The molecule has 348 valence electrons. The molecule has 0 bridgehead atoms. The first-order valence-corrected chi connectivity index (χ1v) is 33.0. The fourth-order valence-corrected chi connectivity index (χ4v) is 11.6. The van der Waals surface area contributed by atoms with Gasteiger partial charge in [0.2, 0.25) is 0 Å². The number of unbranched alkanes of at least 4 members (excludes halogenated alkanes) is 16. The molecule has 0 saturated carbocycles. The molecule has 0 atom stereocenters. The van der Waals surface area contributed by atoms with Crippen LogP contribution in [0.4, 0.5) is 0 Å². The van der Waals surface area contributed by atoms with E-state index in [0.29, 0.717) is 0 Å². The van der Waals surface area contributed by atoms with E-state index in [1.807, 2.05) is 24.8 Å². The Kier molecular flexibility index (Phi) is 24.5. The highest BCUT2D eigenvalue weighted by molar-refractivity contribution is 6.77. The predicted octanol–water partition coefficient (Wildman–Crippen LogP) is 17.9. The van der Waals surface area contributed by atoms with Gasteiger partial charge in [-0.1, -0.05) is 193 Å². The van der Waals surface area contributed by atoms with Crippen molar-refractivity contribution in [2.45, 2.75) is 232 Å². The quantitative estimate of drug-likeness (QED) is 0.0345. The minimum absolute atomic E-state index is 0.958. The molecule has 0 N–H and O–H groups in total. The standard InChI is InChI=1S/C56H90N4OSi2/c1-9-13-15-17-19-27-33-55-57-43-51(44-58-55)47-35-37-53(49(41-47)31-25-21-23-29-39-62(5,6)11-3)61-54-38-36-48(42-50(54)32-26-22-24-30-40-63(7,8)12-4)52-45-59-56(60-46-52)34-28-20-18-16-14-10-2/h35-38,41-46H,9-34,39-40H2,1-8H3. The molecule has 2 aromatic heterocycles. The zero-order valence-electron chi connectivity index (χ0n) is 41.8. The van der Waals surface area contributed by atoms with Crippen LogP contribution in [-0.2, 0) is 25.7 Å². The molecule has 0 fully saturated rings. The maximum absolute atomic E-state index is 7.04. The van der Waals surface area contributed by atoms with Crippen LogP contribution in [0.1, 0.15) is 179 Å². The van der Waals surface area contributed by atoms with Crippen LogP contribution in [0.15, 0.2) is 61.2 Å². The Hall–Kier alpha value is -3.17. The zero-order chi connectivity index (χ0) is 45.2. The van der Waals surface area contributed by atoms with Crippen molar-refractivity contribution in [3.8, 4) is 33.8 Å². The number of hydrogen-bond donors (Lipinski definition) is 0. The average Bonchev–Trinajstić information content (AvgIpc) is 3.29. The van der Waals surface area contributed by atoms with Gasteiger partial charge in [-0.15, -0.1) is 0 Å². The van der Waals surface area contributed by atoms with Crippen molar-refractivity contribution in [1.29, 1.82) is 0 Å². The molecule has 0 saturated heterocycles. The summed E-state index contributed by atoms with van der Waals surface area (Å²) in [6.07, 6.45) is 37.7. The summed E-state index contributed by atoms with van der Waals surface area (Å²) < 4.78 is 7.04. The number of aryl methyl sites for hydroxylation is 4. The van der Waals surface area contributed by atoms with E-state index in [4.69, 9.17) is 24.7 Å². The second kappa shape index (κ2) is 29.4. The molecule has 0 unspecified atom stereocenters. The second-order valence-electron chi connectivity index (χ2n) is 20.4. The van der Waals surface area contributed by atoms with E-state index < -0.39 is 16.1 Å². The Morgan fingerprint density at radius 2 is 0.714 bits per heavy atom. The molecule has 7 heteroatoms. The van der Waals surface area contributed by atoms with Crippen molar-refractivity contribution < 1.29 is 4.74 Å². The van der Waals surface area contributed by atoms with E-state index in [-0.39, 0.29) is 0 Å². The van der Waals surface area contributed by atoms with Crippen LogP contribution in [0, 0.1) is 0 Å². The van der Waals surface area contributed by atoms with Crippen LogP contribution < -0.4 is 4.74 Å². The molecular weight excluding hydrogens is 801 g/mol. The summed E-state index contributed by atoms with van der Waals surface area (Å²) in [5.41, 5.74) is 7.05. The molecule has 2 heterocycles. The van der Waals surface area contributed by atoms with Crippen molar-refractivity contribution in [3.05, 3.63) is 84.0 Å². The van der Waals surface area contributed by atoms with Crippen LogP contribution >= 0.6 is 0 Å². The van der Waals surface area contributed by atoms with Crippen LogP contribution in [-0.4, -0.2) is 36.1 Å². The van der Waals surface area contributed by atoms with Crippen molar-refractivity contribution in [3.63, 3.8) is 0 Å². The minimum atomic E-state index is -1.03.